The van der Waals surface area contributed by atoms with Crippen molar-refractivity contribution in [2.24, 2.45) is 11.8 Å². The lowest BCUT2D eigenvalue weighted by Crippen LogP contribution is -2.38. The van der Waals surface area contributed by atoms with Crippen molar-refractivity contribution in [3.05, 3.63) is 34.9 Å². The van der Waals surface area contributed by atoms with Crippen molar-refractivity contribution in [1.29, 1.82) is 0 Å². The molecule has 21 heavy (non-hydrogen) atoms. The molecule has 4 nitrogen and oxygen atoms in total. The van der Waals surface area contributed by atoms with E-state index in [0.717, 1.165) is 0 Å². The fraction of sp³-hybridized carbons (Fsp3) is 0.412. The number of Topliss-reactive ketones (excluding diaryl/α,β-unsaturated/α-hetero) is 2. The zero-order chi connectivity index (χ0) is 15.1. The molecule has 0 aliphatic heterocycles. The molecular formula is C17H18O4. The summed E-state index contributed by atoms with van der Waals surface area (Å²) in [5.74, 6) is 0.597. The third-order valence-electron chi connectivity index (χ3n) is 4.48. The number of hydrogen-bond donors (Lipinski definition) is 0. The van der Waals surface area contributed by atoms with E-state index in [1.165, 1.54) is 19.8 Å². The first-order valence-corrected chi connectivity index (χ1v) is 7.07. The molecule has 0 aromatic heterocycles. The summed E-state index contributed by atoms with van der Waals surface area (Å²) in [6.07, 6.45) is 3.38. The highest BCUT2D eigenvalue weighted by atomic mass is 16.5. The molecule has 3 rings (SSSR count). The van der Waals surface area contributed by atoms with Crippen LogP contribution in [-0.4, -0.2) is 25.8 Å². The van der Waals surface area contributed by atoms with Gasteiger partial charge in [-0.15, -0.1) is 0 Å². The molecule has 0 bridgehead atoms. The second-order valence-corrected chi connectivity index (χ2v) is 5.68. The Hall–Kier alpha value is -2.10. The van der Waals surface area contributed by atoms with E-state index in [1.54, 1.807) is 12.1 Å². The molecule has 0 saturated heterocycles. The summed E-state index contributed by atoms with van der Waals surface area (Å²) in [4.78, 5) is 25.4. The summed E-state index contributed by atoms with van der Waals surface area (Å²) in [5, 5.41) is 0. The normalized spacial score (nSPS) is 24.0. The molecule has 0 fully saturated rings. The third kappa shape index (κ3) is 2.06. The number of ketones is 2. The Kier molecular flexibility index (Phi) is 3.32. The van der Waals surface area contributed by atoms with Crippen molar-refractivity contribution in [1.82, 2.24) is 0 Å². The van der Waals surface area contributed by atoms with Gasteiger partial charge in [0.25, 0.3) is 0 Å². The highest BCUT2D eigenvalue weighted by Crippen LogP contribution is 2.42. The van der Waals surface area contributed by atoms with Gasteiger partial charge in [0.15, 0.2) is 23.1 Å². The molecule has 0 saturated carbocycles. The molecular weight excluding hydrogens is 268 g/mol. The first-order chi connectivity index (χ1) is 10.1. The number of methoxy groups -OCH3 is 2. The van der Waals surface area contributed by atoms with Gasteiger partial charge < -0.3 is 9.47 Å². The van der Waals surface area contributed by atoms with Gasteiger partial charge in [0.2, 0.25) is 0 Å². The molecule has 0 N–H and O–H groups in total. The minimum absolute atomic E-state index is 0.0410. The van der Waals surface area contributed by atoms with Gasteiger partial charge in [0.05, 0.1) is 14.2 Å². The Bertz CT molecular complexity index is 657. The van der Waals surface area contributed by atoms with E-state index in [2.05, 4.69) is 6.08 Å². The van der Waals surface area contributed by atoms with Crippen molar-refractivity contribution in [3.8, 4) is 11.5 Å². The predicted octanol–water partition coefficient (Wildman–Crippen LogP) is 3.06. The van der Waals surface area contributed by atoms with E-state index >= 15 is 0 Å². The van der Waals surface area contributed by atoms with Gasteiger partial charge in [-0.05, 0) is 31.9 Å². The van der Waals surface area contributed by atoms with Gasteiger partial charge in [-0.3, -0.25) is 9.59 Å². The second kappa shape index (κ2) is 5.02. The summed E-state index contributed by atoms with van der Waals surface area (Å²) < 4.78 is 10.5. The largest absolute Gasteiger partial charge is 0.493 e. The van der Waals surface area contributed by atoms with Gasteiger partial charge in [-0.25, -0.2) is 0 Å². The molecule has 2 aliphatic carbocycles. The molecule has 2 atom stereocenters. The van der Waals surface area contributed by atoms with Gasteiger partial charge >= 0.3 is 0 Å². The summed E-state index contributed by atoms with van der Waals surface area (Å²) in [6, 6.07) is 3.27. The monoisotopic (exact) mass is 286 g/mol. The van der Waals surface area contributed by atoms with Gasteiger partial charge in [-0.1, -0.05) is 11.6 Å². The number of carbonyl (C=O) groups excluding carboxylic acids is 2. The van der Waals surface area contributed by atoms with Crippen molar-refractivity contribution in [2.45, 2.75) is 19.8 Å². The molecule has 0 radical (unpaired) electrons. The average Bonchev–Trinajstić information content (AvgIpc) is 2.51. The van der Waals surface area contributed by atoms with Crippen molar-refractivity contribution < 1.29 is 19.1 Å². The van der Waals surface area contributed by atoms with E-state index in [0.29, 0.717) is 35.5 Å². The highest BCUT2D eigenvalue weighted by Gasteiger charge is 2.42. The Morgan fingerprint density at radius 1 is 0.952 bits per heavy atom. The number of ether oxygens (including phenoxy) is 2. The van der Waals surface area contributed by atoms with Crippen LogP contribution < -0.4 is 9.47 Å². The van der Waals surface area contributed by atoms with Crippen molar-refractivity contribution >= 4 is 11.6 Å². The van der Waals surface area contributed by atoms with Crippen LogP contribution in [-0.2, 0) is 0 Å². The molecule has 110 valence electrons. The Morgan fingerprint density at radius 3 is 2.00 bits per heavy atom. The highest BCUT2D eigenvalue weighted by molar-refractivity contribution is 6.16. The molecule has 2 unspecified atom stereocenters. The quantitative estimate of drug-likeness (QED) is 0.784. The second-order valence-electron chi connectivity index (χ2n) is 5.68. The Morgan fingerprint density at radius 2 is 1.48 bits per heavy atom. The van der Waals surface area contributed by atoms with Crippen LogP contribution in [0.25, 0.3) is 0 Å². The van der Waals surface area contributed by atoms with Crippen LogP contribution in [0, 0.1) is 11.8 Å². The molecule has 1 aromatic rings. The van der Waals surface area contributed by atoms with Crippen LogP contribution >= 0.6 is 0 Å². The van der Waals surface area contributed by atoms with Gasteiger partial charge in [0.1, 0.15) is 0 Å². The van der Waals surface area contributed by atoms with Crippen LogP contribution in [0.15, 0.2) is 23.8 Å². The zero-order valence-corrected chi connectivity index (χ0v) is 12.4. The number of allylic oxidation sites excluding steroid dienone is 2. The van der Waals surface area contributed by atoms with Crippen molar-refractivity contribution in [2.75, 3.05) is 14.2 Å². The lowest BCUT2D eigenvalue weighted by atomic mass is 9.68. The number of hydrogen-bond acceptors (Lipinski definition) is 4. The van der Waals surface area contributed by atoms with Gasteiger partial charge in [0, 0.05) is 23.0 Å². The van der Waals surface area contributed by atoms with Crippen LogP contribution in [0.2, 0.25) is 0 Å². The van der Waals surface area contributed by atoms with Crippen LogP contribution in [0.1, 0.15) is 40.5 Å². The van der Waals surface area contributed by atoms with Crippen LogP contribution in [0.4, 0.5) is 0 Å². The Labute approximate surface area is 123 Å². The summed E-state index contributed by atoms with van der Waals surface area (Å²) in [5.41, 5.74) is 2.11. The summed E-state index contributed by atoms with van der Waals surface area (Å²) in [6.45, 7) is 2.01. The van der Waals surface area contributed by atoms with Crippen LogP contribution in [0.3, 0.4) is 0 Å². The molecule has 2 aliphatic rings. The molecule has 0 amide bonds. The van der Waals surface area contributed by atoms with E-state index in [1.807, 2.05) is 6.92 Å². The molecule has 4 heteroatoms. The molecule has 0 spiro atoms. The lowest BCUT2D eigenvalue weighted by Gasteiger charge is -2.33. The first kappa shape index (κ1) is 13.9. The first-order valence-electron chi connectivity index (χ1n) is 7.07. The maximum absolute atomic E-state index is 12.7. The number of carbonyl (C=O) groups is 2. The Balaban J connectivity index is 2.13. The molecule has 1 aromatic carbocycles. The van der Waals surface area contributed by atoms with E-state index in [-0.39, 0.29) is 23.4 Å². The number of rotatable bonds is 2. The number of benzene rings is 1. The molecule has 0 heterocycles. The maximum Gasteiger partial charge on any atom is 0.167 e. The summed E-state index contributed by atoms with van der Waals surface area (Å²) in [7, 11) is 3.05. The average molecular weight is 286 g/mol. The maximum atomic E-state index is 12.7. The zero-order valence-electron chi connectivity index (χ0n) is 12.4. The smallest absolute Gasteiger partial charge is 0.167 e. The standard InChI is InChI=1S/C17H18O4/c1-9-4-5-10-11(6-9)17(19)13-8-15(21-3)14(20-2)7-12(13)16(10)18/h4,7-8,10-11H,5-6H2,1-3H3. The fourth-order valence-corrected chi connectivity index (χ4v) is 3.32. The minimum atomic E-state index is -0.230. The number of fused-ring (bicyclic) bond motifs is 2. The third-order valence-corrected chi connectivity index (χ3v) is 4.48. The van der Waals surface area contributed by atoms with Crippen molar-refractivity contribution in [3.63, 3.8) is 0 Å². The topological polar surface area (TPSA) is 52.6 Å². The van der Waals surface area contributed by atoms with E-state index in [4.69, 9.17) is 9.47 Å². The van der Waals surface area contributed by atoms with E-state index < -0.39 is 0 Å². The van der Waals surface area contributed by atoms with Crippen LogP contribution in [0.5, 0.6) is 11.5 Å². The SMILES string of the molecule is COc1cc2c(cc1OC)C(=O)C1CC(C)=CCC1C2=O. The summed E-state index contributed by atoms with van der Waals surface area (Å²) >= 11 is 0. The predicted molar refractivity (Wildman–Crippen MR) is 78.2 cm³/mol. The lowest BCUT2D eigenvalue weighted by molar-refractivity contribution is 0.0725. The van der Waals surface area contributed by atoms with E-state index in [9.17, 15) is 9.59 Å². The minimum Gasteiger partial charge on any atom is -0.493 e. The van der Waals surface area contributed by atoms with Gasteiger partial charge in [-0.2, -0.15) is 0 Å². The fourth-order valence-electron chi connectivity index (χ4n) is 3.32.